The van der Waals surface area contributed by atoms with E-state index in [0.717, 1.165) is 69.9 Å². The molecule has 2 aliphatic rings. The summed E-state index contributed by atoms with van der Waals surface area (Å²) >= 11 is 4.83. The number of hydrogen-bond acceptors (Lipinski definition) is 7. The van der Waals surface area contributed by atoms with Gasteiger partial charge in [0.05, 0.1) is 0 Å². The standard InChI is InChI=1S/C18H32N8S/c1-24(13-7-21-17(19)27)12-6-20-15-14-16(25-8-2-3-9-25)23-18(22-15)26-10-4-5-11-26/h14H,2-13H2,1H3,(H3,19,21,27)(H,20,22,23). The third-order valence-electron chi connectivity index (χ3n) is 5.11. The van der Waals surface area contributed by atoms with Gasteiger partial charge in [-0.15, -0.1) is 0 Å². The molecular formula is C18H32N8S. The number of likely N-dealkylation sites (N-methyl/N-ethyl adjacent to an activating group) is 1. The third kappa shape index (κ3) is 6.07. The second kappa shape index (κ2) is 9.89. The lowest BCUT2D eigenvalue weighted by molar-refractivity contribution is 0.352. The molecule has 0 bridgehead atoms. The zero-order valence-electron chi connectivity index (χ0n) is 16.3. The van der Waals surface area contributed by atoms with E-state index in [1.54, 1.807) is 0 Å². The van der Waals surface area contributed by atoms with Crippen molar-refractivity contribution in [1.29, 1.82) is 0 Å². The fourth-order valence-corrected chi connectivity index (χ4v) is 3.64. The molecular weight excluding hydrogens is 360 g/mol. The van der Waals surface area contributed by atoms with Gasteiger partial charge in [0.1, 0.15) is 11.6 Å². The normalized spacial score (nSPS) is 17.0. The molecule has 0 aromatic carbocycles. The minimum absolute atomic E-state index is 0.353. The Morgan fingerprint density at radius 3 is 2.37 bits per heavy atom. The van der Waals surface area contributed by atoms with Crippen LogP contribution in [0.5, 0.6) is 0 Å². The van der Waals surface area contributed by atoms with Crippen LogP contribution in [0.15, 0.2) is 6.07 Å². The molecule has 0 radical (unpaired) electrons. The molecule has 0 spiro atoms. The number of nitrogens with one attached hydrogen (secondary N) is 2. The lowest BCUT2D eigenvalue weighted by Crippen LogP contribution is -2.37. The van der Waals surface area contributed by atoms with Crippen LogP contribution in [0.3, 0.4) is 0 Å². The molecule has 0 aliphatic carbocycles. The Hall–Kier alpha value is -1.87. The van der Waals surface area contributed by atoms with Gasteiger partial charge in [-0.2, -0.15) is 9.97 Å². The molecule has 2 saturated heterocycles. The molecule has 3 heterocycles. The van der Waals surface area contributed by atoms with E-state index in [4.69, 9.17) is 27.9 Å². The zero-order valence-corrected chi connectivity index (χ0v) is 17.1. The Labute approximate surface area is 167 Å². The summed E-state index contributed by atoms with van der Waals surface area (Å²) in [4.78, 5) is 16.6. The number of nitrogens with zero attached hydrogens (tertiary/aromatic N) is 5. The van der Waals surface area contributed by atoms with E-state index in [0.29, 0.717) is 5.11 Å². The molecule has 1 aromatic heterocycles. The SMILES string of the molecule is CN(CCNC(N)=S)CCNc1cc(N2CCCC2)nc(N2CCCC2)n1. The highest BCUT2D eigenvalue weighted by molar-refractivity contribution is 7.80. The number of aromatic nitrogens is 2. The van der Waals surface area contributed by atoms with Crippen LogP contribution in [0.2, 0.25) is 0 Å². The summed E-state index contributed by atoms with van der Waals surface area (Å²) in [7, 11) is 2.09. The van der Waals surface area contributed by atoms with E-state index in [-0.39, 0.29) is 0 Å². The molecule has 0 atom stereocenters. The molecule has 2 fully saturated rings. The van der Waals surface area contributed by atoms with E-state index in [9.17, 15) is 0 Å². The average Bonchev–Trinajstić information content (AvgIpc) is 3.35. The van der Waals surface area contributed by atoms with Crippen molar-refractivity contribution in [1.82, 2.24) is 20.2 Å². The second-order valence-electron chi connectivity index (χ2n) is 7.32. The Kier molecular flexibility index (Phi) is 7.28. The number of anilines is 3. The fourth-order valence-electron chi connectivity index (χ4n) is 3.54. The predicted octanol–water partition coefficient (Wildman–Crippen LogP) is 0.854. The van der Waals surface area contributed by atoms with Crippen LogP contribution >= 0.6 is 12.2 Å². The minimum atomic E-state index is 0.353. The highest BCUT2D eigenvalue weighted by atomic mass is 32.1. The van der Waals surface area contributed by atoms with Crippen molar-refractivity contribution in [2.45, 2.75) is 25.7 Å². The Balaban J connectivity index is 1.57. The van der Waals surface area contributed by atoms with Gasteiger partial charge in [-0.05, 0) is 44.9 Å². The molecule has 27 heavy (non-hydrogen) atoms. The van der Waals surface area contributed by atoms with Crippen molar-refractivity contribution in [2.24, 2.45) is 5.73 Å². The topological polar surface area (TPSA) is 85.6 Å². The highest BCUT2D eigenvalue weighted by Crippen LogP contribution is 2.25. The summed E-state index contributed by atoms with van der Waals surface area (Å²) < 4.78 is 0. The Morgan fingerprint density at radius 1 is 1.07 bits per heavy atom. The number of thiocarbonyl (C=S) groups is 1. The highest BCUT2D eigenvalue weighted by Gasteiger charge is 2.20. The van der Waals surface area contributed by atoms with Crippen LogP contribution in [-0.4, -0.2) is 79.4 Å². The summed E-state index contributed by atoms with van der Waals surface area (Å²) in [5, 5.41) is 6.82. The first kappa shape index (κ1) is 19.9. The first-order valence-corrected chi connectivity index (χ1v) is 10.4. The first-order chi connectivity index (χ1) is 13.1. The predicted molar refractivity (Wildman–Crippen MR) is 116 cm³/mol. The lowest BCUT2D eigenvalue weighted by atomic mass is 10.4. The molecule has 2 aliphatic heterocycles. The minimum Gasteiger partial charge on any atom is -0.376 e. The summed E-state index contributed by atoms with van der Waals surface area (Å²) in [6, 6.07) is 2.10. The zero-order chi connectivity index (χ0) is 19.1. The Bertz CT molecular complexity index is 579. The first-order valence-electron chi connectivity index (χ1n) is 9.96. The maximum atomic E-state index is 5.45. The monoisotopic (exact) mass is 392 g/mol. The molecule has 150 valence electrons. The van der Waals surface area contributed by atoms with Crippen LogP contribution in [-0.2, 0) is 0 Å². The molecule has 4 N–H and O–H groups in total. The van der Waals surface area contributed by atoms with Crippen molar-refractivity contribution >= 4 is 34.9 Å². The summed E-state index contributed by atoms with van der Waals surface area (Å²) in [6.07, 6.45) is 4.95. The number of nitrogens with two attached hydrogens (primary N) is 1. The molecule has 0 unspecified atom stereocenters. The van der Waals surface area contributed by atoms with Gasteiger partial charge in [0.2, 0.25) is 5.95 Å². The largest absolute Gasteiger partial charge is 0.376 e. The van der Waals surface area contributed by atoms with Gasteiger partial charge in [0.15, 0.2) is 5.11 Å². The Morgan fingerprint density at radius 2 is 1.70 bits per heavy atom. The van der Waals surface area contributed by atoms with E-state index < -0.39 is 0 Å². The van der Waals surface area contributed by atoms with Crippen molar-refractivity contribution in [2.75, 3.05) is 74.5 Å². The molecule has 0 saturated carbocycles. The van der Waals surface area contributed by atoms with Crippen molar-refractivity contribution in [3.05, 3.63) is 6.07 Å². The molecule has 8 nitrogen and oxygen atoms in total. The molecule has 9 heteroatoms. The summed E-state index contributed by atoms with van der Waals surface area (Å²) in [6.45, 7) is 7.70. The van der Waals surface area contributed by atoms with Gasteiger partial charge in [-0.1, -0.05) is 0 Å². The fraction of sp³-hybridized carbons (Fsp3) is 0.722. The van der Waals surface area contributed by atoms with E-state index in [1.807, 2.05) is 0 Å². The van der Waals surface area contributed by atoms with Crippen LogP contribution in [0, 0.1) is 0 Å². The molecule has 1 aromatic rings. The van der Waals surface area contributed by atoms with Gasteiger partial charge in [0, 0.05) is 58.4 Å². The lowest BCUT2D eigenvalue weighted by Gasteiger charge is -2.22. The van der Waals surface area contributed by atoms with Gasteiger partial charge in [-0.25, -0.2) is 0 Å². The summed E-state index contributed by atoms with van der Waals surface area (Å²) in [5.74, 6) is 2.85. The van der Waals surface area contributed by atoms with Crippen LogP contribution < -0.4 is 26.2 Å². The second-order valence-corrected chi connectivity index (χ2v) is 7.76. The van der Waals surface area contributed by atoms with Crippen molar-refractivity contribution in [3.8, 4) is 0 Å². The van der Waals surface area contributed by atoms with Gasteiger partial charge in [0.25, 0.3) is 0 Å². The van der Waals surface area contributed by atoms with Gasteiger partial charge < -0.3 is 31.1 Å². The van der Waals surface area contributed by atoms with Crippen LogP contribution in [0.1, 0.15) is 25.7 Å². The smallest absolute Gasteiger partial charge is 0.229 e. The summed E-state index contributed by atoms with van der Waals surface area (Å²) in [5.41, 5.74) is 5.45. The van der Waals surface area contributed by atoms with Crippen LogP contribution in [0.4, 0.5) is 17.6 Å². The number of hydrogen-bond donors (Lipinski definition) is 3. The van der Waals surface area contributed by atoms with Gasteiger partial charge >= 0.3 is 0 Å². The van der Waals surface area contributed by atoms with E-state index in [1.165, 1.54) is 25.7 Å². The van der Waals surface area contributed by atoms with Gasteiger partial charge in [-0.3, -0.25) is 0 Å². The third-order valence-corrected chi connectivity index (χ3v) is 5.26. The maximum absolute atomic E-state index is 5.45. The average molecular weight is 393 g/mol. The molecule has 0 amide bonds. The quantitative estimate of drug-likeness (QED) is 0.530. The van der Waals surface area contributed by atoms with Crippen LogP contribution in [0.25, 0.3) is 0 Å². The van der Waals surface area contributed by atoms with Crippen molar-refractivity contribution in [3.63, 3.8) is 0 Å². The maximum Gasteiger partial charge on any atom is 0.229 e. The van der Waals surface area contributed by atoms with E-state index in [2.05, 4.69) is 38.4 Å². The molecule has 3 rings (SSSR count). The van der Waals surface area contributed by atoms with E-state index >= 15 is 0 Å². The van der Waals surface area contributed by atoms with Crippen molar-refractivity contribution < 1.29 is 0 Å². The number of rotatable bonds is 9.